The van der Waals surface area contributed by atoms with Gasteiger partial charge in [-0.25, -0.2) is 0 Å². The number of halogens is 1. The molecule has 0 N–H and O–H groups in total. The molecule has 1 atom stereocenters. The van der Waals surface area contributed by atoms with Crippen LogP contribution in [0.1, 0.15) is 6.42 Å². The SMILES string of the molecule is C=CC1=CCC2C=CC(I)=CC2=N1. The Bertz CT molecular complexity index is 358. The van der Waals surface area contributed by atoms with E-state index in [1.807, 2.05) is 6.08 Å². The maximum absolute atomic E-state index is 4.50. The molecule has 0 fully saturated rings. The molecular weight excluding hydrogens is 273 g/mol. The summed E-state index contributed by atoms with van der Waals surface area (Å²) < 4.78 is 1.25. The Hall–Kier alpha value is -0.640. The Morgan fingerprint density at radius 3 is 3.23 bits per heavy atom. The fourth-order valence-electron chi connectivity index (χ4n) is 1.49. The molecule has 66 valence electrons. The Balaban J connectivity index is 2.34. The number of allylic oxidation sites excluding steroid dienone is 6. The van der Waals surface area contributed by atoms with Crippen LogP contribution in [0.3, 0.4) is 0 Å². The molecule has 1 nitrogen and oxygen atoms in total. The average molecular weight is 283 g/mol. The number of rotatable bonds is 1. The van der Waals surface area contributed by atoms with Crippen LogP contribution in [0.5, 0.6) is 0 Å². The second-order valence-electron chi connectivity index (χ2n) is 3.10. The van der Waals surface area contributed by atoms with Crippen molar-refractivity contribution in [3.63, 3.8) is 0 Å². The van der Waals surface area contributed by atoms with Crippen molar-refractivity contribution in [3.05, 3.63) is 46.2 Å². The molecule has 2 heteroatoms. The molecule has 1 heterocycles. The molecule has 0 aromatic heterocycles. The maximum atomic E-state index is 4.50. The number of aliphatic imine (C=N–C) groups is 1. The minimum absolute atomic E-state index is 0.488. The molecule has 1 aliphatic carbocycles. The van der Waals surface area contributed by atoms with E-state index in [2.05, 4.69) is 58.5 Å². The van der Waals surface area contributed by atoms with Gasteiger partial charge in [-0.05, 0) is 41.2 Å². The molecule has 0 spiro atoms. The number of hydrogen-bond acceptors (Lipinski definition) is 1. The number of nitrogens with zero attached hydrogens (tertiary/aromatic N) is 1. The van der Waals surface area contributed by atoms with Crippen LogP contribution in [0, 0.1) is 5.92 Å². The highest BCUT2D eigenvalue weighted by Gasteiger charge is 2.17. The lowest BCUT2D eigenvalue weighted by atomic mass is 9.92. The Kier molecular flexibility index (Phi) is 2.49. The second-order valence-corrected chi connectivity index (χ2v) is 4.35. The average Bonchev–Trinajstić information content (AvgIpc) is 2.16. The fraction of sp³-hybridized carbons (Fsp3) is 0.182. The zero-order valence-electron chi connectivity index (χ0n) is 7.20. The third kappa shape index (κ3) is 1.82. The van der Waals surface area contributed by atoms with Gasteiger partial charge in [0.25, 0.3) is 0 Å². The minimum atomic E-state index is 0.488. The summed E-state index contributed by atoms with van der Waals surface area (Å²) in [6.07, 6.45) is 11.5. The van der Waals surface area contributed by atoms with Gasteiger partial charge in [0.15, 0.2) is 0 Å². The molecule has 2 aliphatic rings. The number of hydrogen-bond donors (Lipinski definition) is 0. The lowest BCUT2D eigenvalue weighted by molar-refractivity contribution is 0.852. The highest BCUT2D eigenvalue weighted by atomic mass is 127. The molecule has 1 unspecified atom stereocenters. The molecule has 0 bridgehead atoms. The predicted octanol–water partition coefficient (Wildman–Crippen LogP) is 3.41. The quantitative estimate of drug-likeness (QED) is 0.654. The van der Waals surface area contributed by atoms with Crippen LogP contribution in [-0.4, -0.2) is 5.71 Å². The Morgan fingerprint density at radius 1 is 1.62 bits per heavy atom. The van der Waals surface area contributed by atoms with E-state index in [9.17, 15) is 0 Å². The summed E-state index contributed by atoms with van der Waals surface area (Å²) >= 11 is 2.31. The highest BCUT2D eigenvalue weighted by Crippen LogP contribution is 2.26. The van der Waals surface area contributed by atoms with Gasteiger partial charge in [0.1, 0.15) is 0 Å². The lowest BCUT2D eigenvalue weighted by Gasteiger charge is -2.19. The highest BCUT2D eigenvalue weighted by molar-refractivity contribution is 14.1. The summed E-state index contributed by atoms with van der Waals surface area (Å²) in [6.45, 7) is 3.73. The lowest BCUT2D eigenvalue weighted by Crippen LogP contribution is -2.15. The van der Waals surface area contributed by atoms with E-state index >= 15 is 0 Å². The van der Waals surface area contributed by atoms with Crippen molar-refractivity contribution in [1.29, 1.82) is 0 Å². The monoisotopic (exact) mass is 283 g/mol. The third-order valence-electron chi connectivity index (χ3n) is 2.20. The van der Waals surface area contributed by atoms with Gasteiger partial charge in [-0.2, -0.15) is 0 Å². The molecule has 0 aromatic carbocycles. The molecular formula is C11H10IN. The Labute approximate surface area is 91.8 Å². The van der Waals surface area contributed by atoms with Crippen LogP contribution in [0.2, 0.25) is 0 Å². The van der Waals surface area contributed by atoms with E-state index in [4.69, 9.17) is 0 Å². The van der Waals surface area contributed by atoms with Crippen LogP contribution in [0.4, 0.5) is 0 Å². The summed E-state index contributed by atoms with van der Waals surface area (Å²) in [5, 5.41) is 0. The van der Waals surface area contributed by atoms with Gasteiger partial charge in [-0.1, -0.05) is 24.8 Å². The van der Waals surface area contributed by atoms with Gasteiger partial charge in [0.2, 0.25) is 0 Å². The van der Waals surface area contributed by atoms with Crippen molar-refractivity contribution >= 4 is 28.3 Å². The predicted molar refractivity (Wildman–Crippen MR) is 65.1 cm³/mol. The first kappa shape index (κ1) is 8.94. The minimum Gasteiger partial charge on any atom is -0.253 e. The van der Waals surface area contributed by atoms with E-state index in [-0.39, 0.29) is 0 Å². The molecule has 0 amide bonds. The normalized spacial score (nSPS) is 25.6. The number of fused-ring (bicyclic) bond motifs is 1. The Morgan fingerprint density at radius 2 is 2.46 bits per heavy atom. The smallest absolute Gasteiger partial charge is 0.0587 e. The van der Waals surface area contributed by atoms with Crippen molar-refractivity contribution in [2.45, 2.75) is 6.42 Å². The van der Waals surface area contributed by atoms with Crippen LogP contribution in [0.25, 0.3) is 0 Å². The van der Waals surface area contributed by atoms with Crippen LogP contribution < -0.4 is 0 Å². The summed E-state index contributed by atoms with van der Waals surface area (Å²) in [5.41, 5.74) is 2.17. The van der Waals surface area contributed by atoms with Gasteiger partial charge >= 0.3 is 0 Å². The van der Waals surface area contributed by atoms with Gasteiger partial charge in [0, 0.05) is 15.2 Å². The van der Waals surface area contributed by atoms with Crippen molar-refractivity contribution in [1.82, 2.24) is 0 Å². The van der Waals surface area contributed by atoms with E-state index in [0.29, 0.717) is 5.92 Å². The van der Waals surface area contributed by atoms with Crippen molar-refractivity contribution in [2.75, 3.05) is 0 Å². The van der Waals surface area contributed by atoms with Crippen LogP contribution in [0.15, 0.2) is 51.2 Å². The topological polar surface area (TPSA) is 12.4 Å². The van der Waals surface area contributed by atoms with E-state index in [0.717, 1.165) is 12.1 Å². The zero-order chi connectivity index (χ0) is 9.26. The maximum Gasteiger partial charge on any atom is 0.0587 e. The van der Waals surface area contributed by atoms with Gasteiger partial charge in [0.05, 0.1) is 5.70 Å². The zero-order valence-corrected chi connectivity index (χ0v) is 9.36. The summed E-state index contributed by atoms with van der Waals surface area (Å²) in [5.74, 6) is 0.488. The first-order chi connectivity index (χ1) is 6.29. The van der Waals surface area contributed by atoms with Crippen molar-refractivity contribution in [2.24, 2.45) is 10.9 Å². The summed E-state index contributed by atoms with van der Waals surface area (Å²) in [6, 6.07) is 0. The first-order valence-electron chi connectivity index (χ1n) is 4.26. The summed E-state index contributed by atoms with van der Waals surface area (Å²) in [7, 11) is 0. The van der Waals surface area contributed by atoms with Crippen molar-refractivity contribution < 1.29 is 0 Å². The first-order valence-corrected chi connectivity index (χ1v) is 5.34. The van der Waals surface area contributed by atoms with E-state index < -0.39 is 0 Å². The van der Waals surface area contributed by atoms with Crippen LogP contribution >= 0.6 is 22.6 Å². The molecule has 13 heavy (non-hydrogen) atoms. The largest absolute Gasteiger partial charge is 0.253 e. The molecule has 0 aromatic rings. The molecule has 1 aliphatic heterocycles. The van der Waals surface area contributed by atoms with Gasteiger partial charge < -0.3 is 0 Å². The van der Waals surface area contributed by atoms with E-state index in [1.54, 1.807) is 0 Å². The van der Waals surface area contributed by atoms with Gasteiger partial charge in [-0.15, -0.1) is 0 Å². The van der Waals surface area contributed by atoms with Crippen LogP contribution in [-0.2, 0) is 0 Å². The molecule has 0 radical (unpaired) electrons. The molecule has 2 rings (SSSR count). The fourth-order valence-corrected chi connectivity index (χ4v) is 2.02. The van der Waals surface area contributed by atoms with Gasteiger partial charge in [-0.3, -0.25) is 4.99 Å². The second kappa shape index (κ2) is 3.62. The standard InChI is InChI=1S/C11H10IN/c1-2-10-6-4-8-3-5-9(12)7-11(8)13-10/h2-3,5-8H,1,4H2. The molecule has 0 saturated heterocycles. The third-order valence-corrected chi connectivity index (χ3v) is 2.87. The van der Waals surface area contributed by atoms with E-state index in [1.165, 1.54) is 9.29 Å². The summed E-state index contributed by atoms with van der Waals surface area (Å²) in [4.78, 5) is 4.50. The molecule has 0 saturated carbocycles. The van der Waals surface area contributed by atoms with Crippen molar-refractivity contribution in [3.8, 4) is 0 Å².